The molecular weight excluding hydrogens is 198 g/mol. The Morgan fingerprint density at radius 1 is 1.19 bits per heavy atom. The van der Waals surface area contributed by atoms with Crippen LogP contribution in [-0.2, 0) is 0 Å². The number of ether oxygens (including phenoxy) is 1. The molecule has 1 aromatic carbocycles. The minimum absolute atomic E-state index is 0.591. The monoisotopic (exact) mass is 221 g/mol. The van der Waals surface area contributed by atoms with Gasteiger partial charge in [0.25, 0.3) is 0 Å². The molecule has 0 heterocycles. The first-order chi connectivity index (χ1) is 7.80. The molecule has 16 heavy (non-hydrogen) atoms. The van der Waals surface area contributed by atoms with Crippen molar-refractivity contribution in [3.63, 3.8) is 0 Å². The van der Waals surface area contributed by atoms with E-state index in [0.717, 1.165) is 5.75 Å². The average Bonchev–Trinajstić information content (AvgIpc) is 2.35. The minimum atomic E-state index is 0.591. The van der Waals surface area contributed by atoms with Gasteiger partial charge in [-0.3, -0.25) is 0 Å². The van der Waals surface area contributed by atoms with E-state index in [1.54, 1.807) is 7.11 Å². The molecule has 1 atom stereocenters. The van der Waals surface area contributed by atoms with Gasteiger partial charge >= 0.3 is 0 Å². The third-order valence-electron chi connectivity index (χ3n) is 2.86. The molecular formula is C14H23NO. The van der Waals surface area contributed by atoms with Crippen LogP contribution in [0.2, 0.25) is 0 Å². The summed E-state index contributed by atoms with van der Waals surface area (Å²) in [6.45, 7) is 4.47. The van der Waals surface area contributed by atoms with Crippen LogP contribution in [0.3, 0.4) is 0 Å². The van der Waals surface area contributed by atoms with Gasteiger partial charge in [-0.05, 0) is 37.1 Å². The first-order valence-electron chi connectivity index (χ1n) is 6.20. The number of methoxy groups -OCH3 is 1. The number of hydrogen-bond acceptors (Lipinski definition) is 2. The molecule has 0 saturated heterocycles. The van der Waals surface area contributed by atoms with Gasteiger partial charge in [0.2, 0.25) is 0 Å². The van der Waals surface area contributed by atoms with E-state index in [1.807, 2.05) is 12.1 Å². The number of benzene rings is 1. The number of anilines is 1. The summed E-state index contributed by atoms with van der Waals surface area (Å²) in [4.78, 5) is 0. The lowest BCUT2D eigenvalue weighted by molar-refractivity contribution is 0.415. The fraction of sp³-hybridized carbons (Fsp3) is 0.571. The van der Waals surface area contributed by atoms with Crippen molar-refractivity contribution in [3.8, 4) is 5.75 Å². The van der Waals surface area contributed by atoms with Crippen molar-refractivity contribution >= 4 is 5.69 Å². The van der Waals surface area contributed by atoms with Gasteiger partial charge in [-0.2, -0.15) is 0 Å². The molecule has 0 bridgehead atoms. The number of unbranched alkanes of at least 4 members (excludes halogenated alkanes) is 1. The molecule has 0 amide bonds. The fourth-order valence-corrected chi connectivity index (χ4v) is 1.75. The van der Waals surface area contributed by atoms with Gasteiger partial charge in [0.1, 0.15) is 5.75 Å². The highest BCUT2D eigenvalue weighted by molar-refractivity contribution is 5.47. The Bertz CT molecular complexity index is 281. The lowest BCUT2D eigenvalue weighted by Crippen LogP contribution is -2.18. The van der Waals surface area contributed by atoms with E-state index >= 15 is 0 Å². The van der Waals surface area contributed by atoms with E-state index in [4.69, 9.17) is 4.74 Å². The van der Waals surface area contributed by atoms with E-state index in [9.17, 15) is 0 Å². The molecule has 1 N–H and O–H groups in total. The highest BCUT2D eigenvalue weighted by Gasteiger charge is 2.04. The molecule has 0 radical (unpaired) electrons. The molecule has 0 aromatic heterocycles. The topological polar surface area (TPSA) is 21.3 Å². The van der Waals surface area contributed by atoms with Gasteiger partial charge in [-0.25, -0.2) is 0 Å². The SMILES string of the molecule is CCCCC(CC)Nc1ccc(OC)cc1. The molecule has 1 unspecified atom stereocenters. The van der Waals surface area contributed by atoms with Crippen molar-refractivity contribution < 1.29 is 4.74 Å². The van der Waals surface area contributed by atoms with Gasteiger partial charge in [-0.1, -0.05) is 26.7 Å². The first kappa shape index (κ1) is 12.9. The summed E-state index contributed by atoms with van der Waals surface area (Å²) in [6, 6.07) is 8.73. The summed E-state index contributed by atoms with van der Waals surface area (Å²) >= 11 is 0. The second-order valence-corrected chi connectivity index (χ2v) is 4.12. The average molecular weight is 221 g/mol. The molecule has 0 fully saturated rings. The highest BCUT2D eigenvalue weighted by Crippen LogP contribution is 2.17. The van der Waals surface area contributed by atoms with Crippen molar-refractivity contribution in [2.75, 3.05) is 12.4 Å². The van der Waals surface area contributed by atoms with E-state index in [1.165, 1.54) is 31.4 Å². The predicted molar refractivity (Wildman–Crippen MR) is 70.2 cm³/mol. The zero-order chi connectivity index (χ0) is 11.8. The van der Waals surface area contributed by atoms with Gasteiger partial charge in [-0.15, -0.1) is 0 Å². The molecule has 1 rings (SSSR count). The largest absolute Gasteiger partial charge is 0.497 e. The maximum Gasteiger partial charge on any atom is 0.119 e. The molecule has 2 heteroatoms. The number of nitrogens with one attached hydrogen (secondary N) is 1. The van der Waals surface area contributed by atoms with Gasteiger partial charge in [0, 0.05) is 11.7 Å². The molecule has 0 saturated carbocycles. The zero-order valence-electron chi connectivity index (χ0n) is 10.6. The number of hydrogen-bond donors (Lipinski definition) is 1. The summed E-state index contributed by atoms with van der Waals surface area (Å²) in [6.07, 6.45) is 4.98. The van der Waals surface area contributed by atoms with E-state index in [2.05, 4.69) is 31.3 Å². The van der Waals surface area contributed by atoms with Crippen LogP contribution in [0.15, 0.2) is 24.3 Å². The smallest absolute Gasteiger partial charge is 0.119 e. The Morgan fingerprint density at radius 3 is 2.38 bits per heavy atom. The van der Waals surface area contributed by atoms with Crippen molar-refractivity contribution in [2.45, 2.75) is 45.6 Å². The lowest BCUT2D eigenvalue weighted by atomic mass is 10.1. The van der Waals surface area contributed by atoms with Gasteiger partial charge < -0.3 is 10.1 Å². The van der Waals surface area contributed by atoms with Crippen molar-refractivity contribution in [1.29, 1.82) is 0 Å². The Labute approximate surface area is 99.0 Å². The molecule has 90 valence electrons. The first-order valence-corrected chi connectivity index (χ1v) is 6.20. The molecule has 1 aromatic rings. The maximum atomic E-state index is 5.14. The Balaban J connectivity index is 2.49. The summed E-state index contributed by atoms with van der Waals surface area (Å²) in [5.41, 5.74) is 1.18. The van der Waals surface area contributed by atoms with Crippen LogP contribution in [0.5, 0.6) is 5.75 Å². The second kappa shape index (κ2) is 7.15. The van der Waals surface area contributed by atoms with Crippen molar-refractivity contribution in [3.05, 3.63) is 24.3 Å². The van der Waals surface area contributed by atoms with E-state index in [0.29, 0.717) is 6.04 Å². The summed E-state index contributed by atoms with van der Waals surface area (Å²) in [5.74, 6) is 0.909. The molecule has 0 aliphatic rings. The van der Waals surface area contributed by atoms with Crippen LogP contribution in [0, 0.1) is 0 Å². The standard InChI is InChI=1S/C14H23NO/c1-4-6-7-12(5-2)15-13-8-10-14(16-3)11-9-13/h8-12,15H,4-7H2,1-3H3. The van der Waals surface area contributed by atoms with E-state index < -0.39 is 0 Å². The third-order valence-corrected chi connectivity index (χ3v) is 2.86. The molecule has 2 nitrogen and oxygen atoms in total. The van der Waals surface area contributed by atoms with E-state index in [-0.39, 0.29) is 0 Å². The zero-order valence-corrected chi connectivity index (χ0v) is 10.6. The quantitative estimate of drug-likeness (QED) is 0.749. The van der Waals surface area contributed by atoms with Crippen LogP contribution in [0.25, 0.3) is 0 Å². The Kier molecular flexibility index (Phi) is 5.76. The van der Waals surface area contributed by atoms with Crippen molar-refractivity contribution in [2.24, 2.45) is 0 Å². The Hall–Kier alpha value is -1.18. The minimum Gasteiger partial charge on any atom is -0.497 e. The van der Waals surface area contributed by atoms with Crippen LogP contribution in [0.4, 0.5) is 5.69 Å². The fourth-order valence-electron chi connectivity index (χ4n) is 1.75. The van der Waals surface area contributed by atoms with Crippen LogP contribution in [0.1, 0.15) is 39.5 Å². The molecule has 0 spiro atoms. The van der Waals surface area contributed by atoms with Crippen molar-refractivity contribution in [1.82, 2.24) is 0 Å². The summed E-state index contributed by atoms with van der Waals surface area (Å²) in [5, 5.41) is 3.56. The summed E-state index contributed by atoms with van der Waals surface area (Å²) < 4.78 is 5.14. The second-order valence-electron chi connectivity index (χ2n) is 4.12. The predicted octanol–water partition coefficient (Wildman–Crippen LogP) is 4.08. The lowest BCUT2D eigenvalue weighted by Gasteiger charge is -2.18. The summed E-state index contributed by atoms with van der Waals surface area (Å²) in [7, 11) is 1.69. The van der Waals surface area contributed by atoms with Crippen LogP contribution >= 0.6 is 0 Å². The van der Waals surface area contributed by atoms with Gasteiger partial charge in [0.15, 0.2) is 0 Å². The highest BCUT2D eigenvalue weighted by atomic mass is 16.5. The molecule has 0 aliphatic heterocycles. The normalized spacial score (nSPS) is 12.2. The maximum absolute atomic E-state index is 5.14. The van der Waals surface area contributed by atoms with Crippen LogP contribution < -0.4 is 10.1 Å². The molecule has 0 aliphatic carbocycles. The third kappa shape index (κ3) is 4.13. The van der Waals surface area contributed by atoms with Crippen LogP contribution in [-0.4, -0.2) is 13.2 Å². The number of rotatable bonds is 7. The van der Waals surface area contributed by atoms with Gasteiger partial charge in [0.05, 0.1) is 7.11 Å². The Morgan fingerprint density at radius 2 is 1.88 bits per heavy atom.